The van der Waals surface area contributed by atoms with Gasteiger partial charge in [0.05, 0.1) is 13.2 Å². The molecule has 2 rings (SSSR count). The molecule has 0 spiro atoms. The summed E-state index contributed by atoms with van der Waals surface area (Å²) in [7, 11) is 0. The fraction of sp³-hybridized carbons (Fsp3) is 0.500. The van der Waals surface area contributed by atoms with E-state index in [9.17, 15) is 34.8 Å². The van der Waals surface area contributed by atoms with Gasteiger partial charge in [0.25, 0.3) is 0 Å². The Morgan fingerprint density at radius 1 is 0.745 bits per heavy atom. The lowest BCUT2D eigenvalue weighted by Crippen LogP contribution is -2.48. The summed E-state index contributed by atoms with van der Waals surface area (Å²) in [4.78, 5) is 37.4. The zero-order chi connectivity index (χ0) is 41.7. The molecule has 9 heteroatoms. The third-order valence-electron chi connectivity index (χ3n) is 10.4. The summed E-state index contributed by atoms with van der Waals surface area (Å²) in [5.74, 6) is -1.04. The second-order valence-corrected chi connectivity index (χ2v) is 16.3. The smallest absolute Gasteiger partial charge is 0.201 e. The van der Waals surface area contributed by atoms with E-state index >= 15 is 0 Å². The third-order valence-corrected chi connectivity index (χ3v) is 10.4. The van der Waals surface area contributed by atoms with Gasteiger partial charge in [0, 0.05) is 12.3 Å². The minimum Gasteiger partial charge on any atom is -0.394 e. The van der Waals surface area contributed by atoms with Gasteiger partial charge in [0.15, 0.2) is 11.6 Å². The van der Waals surface area contributed by atoms with Crippen LogP contribution in [0.15, 0.2) is 119 Å². The second kappa shape index (κ2) is 21.5. The third kappa shape index (κ3) is 14.3. The first-order valence-corrected chi connectivity index (χ1v) is 19.0. The van der Waals surface area contributed by atoms with Crippen molar-refractivity contribution in [3.05, 3.63) is 119 Å². The molecule has 5 N–H and O–H groups in total. The Bertz CT molecular complexity index is 1690. The zero-order valence-electron chi connectivity index (χ0n) is 34.3. The first kappa shape index (κ1) is 47.3. The topological polar surface area (TPSA) is 162 Å². The number of allylic oxidation sites excluding steroid dienone is 19. The molecule has 0 aliphatic heterocycles. The SMILES string of the molecule is CC(C=CC1C(C)C(=O)C(=O)CC1(C)C)=C/C=C/C(C)=C/C=C/C=C(C)/C=C/C=C(\C)C=CC1=C(C)C(=O)C(OCC(O)C(O)C(O)C(O)CO)CC1(C)C. The maximum atomic E-state index is 13.2. The van der Waals surface area contributed by atoms with Crippen LogP contribution in [-0.4, -0.2) is 86.6 Å². The number of ketones is 3. The van der Waals surface area contributed by atoms with Crippen molar-refractivity contribution in [1.29, 1.82) is 0 Å². The van der Waals surface area contributed by atoms with Gasteiger partial charge in [-0.15, -0.1) is 0 Å². The van der Waals surface area contributed by atoms with Crippen molar-refractivity contribution in [2.45, 2.75) is 113 Å². The number of aliphatic hydroxyl groups excluding tert-OH is 5. The molecule has 7 atom stereocenters. The van der Waals surface area contributed by atoms with Crippen LogP contribution in [0.3, 0.4) is 0 Å². The van der Waals surface area contributed by atoms with E-state index < -0.39 is 49.1 Å². The van der Waals surface area contributed by atoms with E-state index in [0.29, 0.717) is 12.0 Å². The highest BCUT2D eigenvalue weighted by atomic mass is 16.5. The molecule has 7 unspecified atom stereocenters. The van der Waals surface area contributed by atoms with E-state index in [-0.39, 0.29) is 41.0 Å². The van der Waals surface area contributed by atoms with Gasteiger partial charge >= 0.3 is 0 Å². The molecule has 302 valence electrons. The molecular weight excluding hydrogens is 696 g/mol. The highest BCUT2D eigenvalue weighted by Gasteiger charge is 2.44. The lowest BCUT2D eigenvalue weighted by Gasteiger charge is -2.39. The lowest BCUT2D eigenvalue weighted by atomic mass is 9.63. The van der Waals surface area contributed by atoms with Crippen LogP contribution in [0.25, 0.3) is 0 Å². The van der Waals surface area contributed by atoms with Crippen molar-refractivity contribution in [1.82, 2.24) is 0 Å². The van der Waals surface area contributed by atoms with Crippen LogP contribution in [0, 0.1) is 22.7 Å². The Morgan fingerprint density at radius 2 is 1.24 bits per heavy atom. The molecule has 0 aromatic carbocycles. The Morgan fingerprint density at radius 3 is 1.78 bits per heavy atom. The number of carbonyl (C=O) groups excluding carboxylic acids is 3. The molecule has 2 aliphatic carbocycles. The quantitative estimate of drug-likeness (QED) is 0.0823. The van der Waals surface area contributed by atoms with Crippen LogP contribution in [0.5, 0.6) is 0 Å². The molecule has 0 bridgehead atoms. The molecule has 0 aromatic rings. The van der Waals surface area contributed by atoms with Gasteiger partial charge in [0.2, 0.25) is 5.78 Å². The van der Waals surface area contributed by atoms with E-state index in [4.69, 9.17) is 9.84 Å². The minimum atomic E-state index is -1.76. The largest absolute Gasteiger partial charge is 0.394 e. The molecule has 0 saturated heterocycles. The van der Waals surface area contributed by atoms with Crippen molar-refractivity contribution >= 4 is 17.3 Å². The molecule has 55 heavy (non-hydrogen) atoms. The molecule has 0 amide bonds. The maximum absolute atomic E-state index is 13.2. The van der Waals surface area contributed by atoms with Gasteiger partial charge in [-0.2, -0.15) is 0 Å². The molecule has 9 nitrogen and oxygen atoms in total. The monoisotopic (exact) mass is 760 g/mol. The average molecular weight is 761 g/mol. The number of rotatable bonds is 17. The van der Waals surface area contributed by atoms with Crippen LogP contribution in [0.1, 0.15) is 82.1 Å². The first-order chi connectivity index (χ1) is 25.6. The minimum absolute atomic E-state index is 0.0183. The van der Waals surface area contributed by atoms with Gasteiger partial charge in [-0.25, -0.2) is 0 Å². The number of hydrogen-bond acceptors (Lipinski definition) is 9. The Kier molecular flexibility index (Phi) is 18.5. The van der Waals surface area contributed by atoms with Crippen molar-refractivity contribution in [3.8, 4) is 0 Å². The average Bonchev–Trinajstić information content (AvgIpc) is 3.11. The molecule has 0 aromatic heterocycles. The summed E-state index contributed by atoms with van der Waals surface area (Å²) >= 11 is 0. The van der Waals surface area contributed by atoms with E-state index in [2.05, 4.69) is 6.08 Å². The molecular formula is C46H64O9. The highest BCUT2D eigenvalue weighted by Crippen LogP contribution is 2.42. The number of carbonyl (C=O) groups is 3. The van der Waals surface area contributed by atoms with E-state index in [1.54, 1.807) is 6.92 Å². The summed E-state index contributed by atoms with van der Waals surface area (Å²) in [6, 6.07) is 0. The van der Waals surface area contributed by atoms with Gasteiger partial charge in [-0.3, -0.25) is 14.4 Å². The van der Waals surface area contributed by atoms with Gasteiger partial charge in [-0.1, -0.05) is 142 Å². The summed E-state index contributed by atoms with van der Waals surface area (Å²) in [5, 5.41) is 48.7. The van der Waals surface area contributed by atoms with Crippen LogP contribution in [0.2, 0.25) is 0 Å². The highest BCUT2D eigenvalue weighted by molar-refractivity contribution is 6.38. The molecule has 0 heterocycles. The fourth-order valence-corrected chi connectivity index (χ4v) is 6.86. The van der Waals surface area contributed by atoms with Crippen LogP contribution in [0.4, 0.5) is 0 Å². The van der Waals surface area contributed by atoms with Crippen molar-refractivity contribution in [2.75, 3.05) is 13.2 Å². The van der Waals surface area contributed by atoms with Gasteiger partial charge < -0.3 is 30.3 Å². The predicted molar refractivity (Wildman–Crippen MR) is 219 cm³/mol. The standard InChI is InChI=1S/C46H64O9/c1-29(17-13-19-31(3)21-23-35-33(5)41(51)37(48)25-45(35,7)8)15-11-12-16-30(2)18-14-20-32(4)22-24-36-34(6)42(52)40(26-46(36,9)10)55-28-39(50)44(54)43(53)38(49)27-47/h11-24,33,35,38-40,43-44,47,49-50,53-54H,25-28H2,1-10H3/b12-11+,17-13+,18-14+,23-21?,24-22?,29-15+,30-16+,31-19?,32-20+. The van der Waals surface area contributed by atoms with Crippen molar-refractivity contribution < 1.29 is 44.7 Å². The van der Waals surface area contributed by atoms with Gasteiger partial charge in [-0.05, 0) is 68.9 Å². The summed E-state index contributed by atoms with van der Waals surface area (Å²) in [5.41, 5.74) is 4.96. The van der Waals surface area contributed by atoms with Crippen LogP contribution >= 0.6 is 0 Å². The van der Waals surface area contributed by atoms with E-state index in [1.165, 1.54) is 0 Å². The molecule has 1 fully saturated rings. The lowest BCUT2D eigenvalue weighted by molar-refractivity contribution is -0.146. The Hall–Kier alpha value is -3.83. The molecule has 2 aliphatic rings. The Labute approximate surface area is 328 Å². The van der Waals surface area contributed by atoms with Crippen LogP contribution < -0.4 is 0 Å². The molecule has 1 saturated carbocycles. The number of Topliss-reactive ketones (excluding diaryl/α,β-unsaturated/α-hetero) is 3. The summed E-state index contributed by atoms with van der Waals surface area (Å²) < 4.78 is 5.67. The number of ether oxygens (including phenoxy) is 1. The van der Waals surface area contributed by atoms with Crippen molar-refractivity contribution in [2.24, 2.45) is 22.7 Å². The van der Waals surface area contributed by atoms with Crippen molar-refractivity contribution in [3.63, 3.8) is 0 Å². The predicted octanol–water partition coefficient (Wildman–Crippen LogP) is 6.51. The van der Waals surface area contributed by atoms with Gasteiger partial charge in [0.1, 0.15) is 30.5 Å². The number of aliphatic hydroxyl groups is 5. The first-order valence-electron chi connectivity index (χ1n) is 19.0. The van der Waals surface area contributed by atoms with E-state index in [0.717, 1.165) is 27.9 Å². The zero-order valence-corrected chi connectivity index (χ0v) is 34.3. The normalized spacial score (nSPS) is 25.7. The second-order valence-electron chi connectivity index (χ2n) is 16.3. The fourth-order valence-electron chi connectivity index (χ4n) is 6.86. The Balaban J connectivity index is 1.95. The van der Waals surface area contributed by atoms with E-state index in [1.807, 2.05) is 141 Å². The maximum Gasteiger partial charge on any atom is 0.201 e. The van der Waals surface area contributed by atoms with Crippen LogP contribution in [-0.2, 0) is 19.1 Å². The molecule has 0 radical (unpaired) electrons. The summed E-state index contributed by atoms with van der Waals surface area (Å²) in [6.07, 6.45) is 21.1. The number of hydrogen-bond donors (Lipinski definition) is 5. The summed E-state index contributed by atoms with van der Waals surface area (Å²) in [6.45, 7) is 18.5.